The molecule has 0 saturated heterocycles. The third kappa shape index (κ3) is 5.12. The zero-order valence-electron chi connectivity index (χ0n) is 14.1. The quantitative estimate of drug-likeness (QED) is 0.601. The summed E-state index contributed by atoms with van der Waals surface area (Å²) in [4.78, 5) is 39.7. The highest BCUT2D eigenvalue weighted by atomic mass is 32.1. The van der Waals surface area contributed by atoms with Crippen molar-refractivity contribution in [1.29, 1.82) is 0 Å². The number of esters is 1. The van der Waals surface area contributed by atoms with Crippen molar-refractivity contribution >= 4 is 34.1 Å². The van der Waals surface area contributed by atoms with Gasteiger partial charge in [-0.05, 0) is 32.0 Å². The summed E-state index contributed by atoms with van der Waals surface area (Å²) in [6, 6.07) is 6.39. The number of thiazole rings is 1. The van der Waals surface area contributed by atoms with Gasteiger partial charge in [0.05, 0.1) is 22.7 Å². The van der Waals surface area contributed by atoms with Crippen LogP contribution in [-0.2, 0) is 9.53 Å². The first kappa shape index (κ1) is 18.6. The Hall–Kier alpha value is -2.74. The molecule has 0 bridgehead atoms. The molecule has 2 rings (SSSR count). The number of aromatic nitrogens is 1. The second-order valence-corrected chi connectivity index (χ2v) is 6.07. The third-order valence-corrected chi connectivity index (χ3v) is 4.25. The molecule has 1 aromatic heterocycles. The fourth-order valence-corrected chi connectivity index (χ4v) is 2.89. The molecule has 0 aliphatic rings. The number of hydrogen-bond acceptors (Lipinski definition) is 7. The lowest BCUT2D eigenvalue weighted by Crippen LogP contribution is -2.20. The number of carbonyl (C=O) groups excluding carboxylic acids is 3. The maximum absolute atomic E-state index is 12.0. The van der Waals surface area contributed by atoms with Gasteiger partial charge in [0.1, 0.15) is 5.75 Å². The minimum Gasteiger partial charge on any atom is -0.484 e. The van der Waals surface area contributed by atoms with Crippen molar-refractivity contribution in [3.05, 3.63) is 40.4 Å². The normalized spacial score (nSPS) is 10.2. The van der Waals surface area contributed by atoms with Crippen molar-refractivity contribution in [2.75, 3.05) is 18.5 Å². The summed E-state index contributed by atoms with van der Waals surface area (Å²) in [6.07, 6.45) is 0. The summed E-state index contributed by atoms with van der Waals surface area (Å²) in [7, 11) is 0. The van der Waals surface area contributed by atoms with Crippen LogP contribution in [0.15, 0.2) is 24.3 Å². The van der Waals surface area contributed by atoms with Crippen molar-refractivity contribution in [2.45, 2.75) is 20.8 Å². The molecule has 0 radical (unpaired) electrons. The van der Waals surface area contributed by atoms with Crippen LogP contribution in [0.3, 0.4) is 0 Å². The molecule has 7 nitrogen and oxygen atoms in total. The summed E-state index contributed by atoms with van der Waals surface area (Å²) in [5.74, 6) is -0.583. The number of anilines is 1. The monoisotopic (exact) mass is 362 g/mol. The van der Waals surface area contributed by atoms with Crippen LogP contribution in [0, 0.1) is 6.92 Å². The summed E-state index contributed by atoms with van der Waals surface area (Å²) in [5, 5.41) is 2.93. The first-order chi connectivity index (χ1) is 11.9. The molecular formula is C17H18N2O5S. The van der Waals surface area contributed by atoms with Gasteiger partial charge in [0.15, 0.2) is 17.5 Å². The molecule has 132 valence electrons. The van der Waals surface area contributed by atoms with Gasteiger partial charge in [-0.15, -0.1) is 0 Å². The number of nitrogens with one attached hydrogen (secondary N) is 1. The van der Waals surface area contributed by atoms with Gasteiger partial charge in [-0.25, -0.2) is 9.78 Å². The van der Waals surface area contributed by atoms with Crippen LogP contribution in [0.2, 0.25) is 0 Å². The van der Waals surface area contributed by atoms with E-state index in [4.69, 9.17) is 9.47 Å². The topological polar surface area (TPSA) is 94.6 Å². The Labute approximate surface area is 149 Å². The molecule has 0 aliphatic heterocycles. The highest BCUT2D eigenvalue weighted by Crippen LogP contribution is 2.23. The van der Waals surface area contributed by atoms with Gasteiger partial charge in [0.2, 0.25) is 0 Å². The predicted molar refractivity (Wildman–Crippen MR) is 93.4 cm³/mol. The second kappa shape index (κ2) is 8.39. The Kier molecular flexibility index (Phi) is 6.24. The van der Waals surface area contributed by atoms with E-state index in [0.29, 0.717) is 27.0 Å². The fraction of sp³-hybridized carbons (Fsp3) is 0.294. The van der Waals surface area contributed by atoms with E-state index in [0.717, 1.165) is 11.3 Å². The van der Waals surface area contributed by atoms with Gasteiger partial charge >= 0.3 is 5.97 Å². The molecule has 0 spiro atoms. The van der Waals surface area contributed by atoms with Crippen molar-refractivity contribution in [3.8, 4) is 5.75 Å². The number of ether oxygens (including phenoxy) is 2. The van der Waals surface area contributed by atoms with Crippen LogP contribution < -0.4 is 10.1 Å². The molecule has 0 unspecified atom stereocenters. The van der Waals surface area contributed by atoms with E-state index >= 15 is 0 Å². The van der Waals surface area contributed by atoms with Crippen molar-refractivity contribution < 1.29 is 23.9 Å². The van der Waals surface area contributed by atoms with Gasteiger partial charge in [0, 0.05) is 6.92 Å². The molecule has 8 heteroatoms. The number of carbonyl (C=O) groups is 3. The van der Waals surface area contributed by atoms with Crippen LogP contribution in [0.25, 0.3) is 0 Å². The zero-order chi connectivity index (χ0) is 18.4. The number of Topliss-reactive ketones (excluding diaryl/α,β-unsaturated/α-hetero) is 1. The van der Waals surface area contributed by atoms with Gasteiger partial charge in [-0.1, -0.05) is 17.4 Å². The molecule has 1 N–H and O–H groups in total. The van der Waals surface area contributed by atoms with Crippen LogP contribution in [0.5, 0.6) is 5.75 Å². The molecule has 1 amide bonds. The maximum Gasteiger partial charge on any atom is 0.338 e. The molecular weight excluding hydrogens is 344 g/mol. The Balaban J connectivity index is 1.94. The lowest BCUT2D eigenvalue weighted by Gasteiger charge is -2.07. The highest BCUT2D eigenvalue weighted by Gasteiger charge is 2.14. The predicted octanol–water partition coefficient (Wildman–Crippen LogP) is 2.85. The van der Waals surface area contributed by atoms with Crippen LogP contribution in [0.4, 0.5) is 5.13 Å². The Morgan fingerprint density at radius 3 is 2.68 bits per heavy atom. The highest BCUT2D eigenvalue weighted by molar-refractivity contribution is 7.17. The van der Waals surface area contributed by atoms with E-state index in [9.17, 15) is 14.4 Å². The molecule has 2 aromatic rings. The lowest BCUT2D eigenvalue weighted by molar-refractivity contribution is -0.118. The van der Waals surface area contributed by atoms with Gasteiger partial charge in [-0.2, -0.15) is 0 Å². The lowest BCUT2D eigenvalue weighted by atomic mass is 10.2. The minimum atomic E-state index is -0.451. The summed E-state index contributed by atoms with van der Waals surface area (Å²) in [6.45, 7) is 4.91. The SMILES string of the molecule is CCOC(=O)c1cccc(OCC(=O)Nc2nc(C)c(C(C)=O)s2)c1. The van der Waals surface area contributed by atoms with Crippen LogP contribution >= 0.6 is 11.3 Å². The molecule has 0 fully saturated rings. The number of rotatable bonds is 7. The van der Waals surface area contributed by atoms with Crippen molar-refractivity contribution in [2.24, 2.45) is 0 Å². The summed E-state index contributed by atoms with van der Waals surface area (Å²) in [5.41, 5.74) is 0.928. The van der Waals surface area contributed by atoms with Gasteiger partial charge in [-0.3, -0.25) is 14.9 Å². The standard InChI is InChI=1S/C17H18N2O5S/c1-4-23-16(22)12-6-5-7-13(8-12)24-9-14(21)19-17-18-10(2)15(25-17)11(3)20/h5-8H,4,9H2,1-3H3,(H,18,19,21). The van der Waals surface area contributed by atoms with E-state index in [2.05, 4.69) is 10.3 Å². The number of hydrogen-bond donors (Lipinski definition) is 1. The first-order valence-corrected chi connectivity index (χ1v) is 8.40. The van der Waals surface area contributed by atoms with Crippen molar-refractivity contribution in [3.63, 3.8) is 0 Å². The number of aryl methyl sites for hydroxylation is 1. The van der Waals surface area contributed by atoms with E-state index < -0.39 is 11.9 Å². The number of ketones is 1. The molecule has 1 heterocycles. The molecule has 0 aliphatic carbocycles. The number of amides is 1. The summed E-state index contributed by atoms with van der Waals surface area (Å²) >= 11 is 1.12. The largest absolute Gasteiger partial charge is 0.484 e. The Bertz CT molecular complexity index is 800. The van der Waals surface area contributed by atoms with E-state index in [1.807, 2.05) is 0 Å². The molecule has 0 atom stereocenters. The Morgan fingerprint density at radius 1 is 1.28 bits per heavy atom. The van der Waals surface area contributed by atoms with Crippen molar-refractivity contribution in [1.82, 2.24) is 4.98 Å². The molecule has 25 heavy (non-hydrogen) atoms. The van der Waals surface area contributed by atoms with E-state index in [1.165, 1.54) is 13.0 Å². The second-order valence-electron chi connectivity index (χ2n) is 5.07. The Morgan fingerprint density at radius 2 is 2.04 bits per heavy atom. The van der Waals surface area contributed by atoms with E-state index in [1.54, 1.807) is 32.0 Å². The van der Waals surface area contributed by atoms with Crippen LogP contribution in [0.1, 0.15) is 39.6 Å². The minimum absolute atomic E-state index is 0.0949. The van der Waals surface area contributed by atoms with Gasteiger partial charge in [0.25, 0.3) is 5.91 Å². The third-order valence-electron chi connectivity index (χ3n) is 3.08. The average molecular weight is 362 g/mol. The van der Waals surface area contributed by atoms with E-state index in [-0.39, 0.29) is 19.0 Å². The smallest absolute Gasteiger partial charge is 0.338 e. The zero-order valence-corrected chi connectivity index (χ0v) is 14.9. The maximum atomic E-state index is 12.0. The average Bonchev–Trinajstić information content (AvgIpc) is 2.94. The number of benzene rings is 1. The summed E-state index contributed by atoms with van der Waals surface area (Å²) < 4.78 is 10.3. The number of nitrogens with zero attached hydrogens (tertiary/aromatic N) is 1. The fourth-order valence-electron chi connectivity index (χ4n) is 2.01. The van der Waals surface area contributed by atoms with Gasteiger partial charge < -0.3 is 9.47 Å². The first-order valence-electron chi connectivity index (χ1n) is 7.59. The molecule has 0 saturated carbocycles. The molecule has 1 aromatic carbocycles. The van der Waals surface area contributed by atoms with Crippen LogP contribution in [-0.4, -0.2) is 35.9 Å².